The molecule has 0 bridgehead atoms. The van der Waals surface area contributed by atoms with E-state index < -0.39 is 16.8 Å². The first-order chi connectivity index (χ1) is 5.63. The van der Waals surface area contributed by atoms with Gasteiger partial charge in [0.25, 0.3) is 0 Å². The predicted octanol–water partition coefficient (Wildman–Crippen LogP) is -0.213. The Balaban J connectivity index is 3.27. The van der Waals surface area contributed by atoms with Crippen molar-refractivity contribution in [2.75, 3.05) is 6.26 Å². The number of carbonyl (C=O) groups is 1. The zero-order chi connectivity index (χ0) is 9.14. The van der Waals surface area contributed by atoms with Crippen LogP contribution in [0.3, 0.4) is 0 Å². The van der Waals surface area contributed by atoms with E-state index in [0.29, 0.717) is 4.90 Å². The zero-order valence-corrected chi connectivity index (χ0v) is 7.26. The summed E-state index contributed by atoms with van der Waals surface area (Å²) in [5.41, 5.74) is -0.00154. The minimum atomic E-state index is -1.29. The van der Waals surface area contributed by atoms with Crippen molar-refractivity contribution in [3.8, 4) is 0 Å². The van der Waals surface area contributed by atoms with Gasteiger partial charge >= 0.3 is 0 Å². The summed E-state index contributed by atoms with van der Waals surface area (Å²) < 4.78 is 11.0. The summed E-state index contributed by atoms with van der Waals surface area (Å²) in [4.78, 5) is 10.8. The van der Waals surface area contributed by atoms with Gasteiger partial charge < -0.3 is 9.90 Å². The van der Waals surface area contributed by atoms with Crippen LogP contribution in [0.1, 0.15) is 10.4 Å². The fourth-order valence-electron chi connectivity index (χ4n) is 0.886. The molecule has 1 aromatic rings. The molecule has 1 aromatic carbocycles. The van der Waals surface area contributed by atoms with Gasteiger partial charge in [0.1, 0.15) is 0 Å². The van der Waals surface area contributed by atoms with E-state index in [2.05, 4.69) is 0 Å². The van der Waals surface area contributed by atoms with Crippen molar-refractivity contribution in [2.45, 2.75) is 4.90 Å². The maximum absolute atomic E-state index is 11.0. The lowest BCUT2D eigenvalue weighted by Crippen LogP contribution is -2.23. The second-order valence-corrected chi connectivity index (χ2v) is 3.59. The topological polar surface area (TPSA) is 57.2 Å². The molecule has 0 saturated carbocycles. The normalized spacial score (nSPS) is 12.4. The first-order valence-electron chi connectivity index (χ1n) is 3.26. The number of aromatic carboxylic acids is 1. The van der Waals surface area contributed by atoms with Crippen molar-refractivity contribution in [3.05, 3.63) is 29.8 Å². The quantitative estimate of drug-likeness (QED) is 0.637. The molecule has 0 spiro atoms. The summed E-state index contributed by atoms with van der Waals surface area (Å²) in [6.45, 7) is 0. The van der Waals surface area contributed by atoms with E-state index in [1.807, 2.05) is 0 Å². The first kappa shape index (κ1) is 8.93. The van der Waals surface area contributed by atoms with Gasteiger partial charge in [-0.1, -0.05) is 18.2 Å². The Hall–Kier alpha value is -1.16. The van der Waals surface area contributed by atoms with Gasteiger partial charge in [0, 0.05) is 16.7 Å². The highest BCUT2D eigenvalue weighted by atomic mass is 32.2. The zero-order valence-electron chi connectivity index (χ0n) is 6.44. The Morgan fingerprint density at radius 3 is 2.42 bits per heavy atom. The Bertz CT molecular complexity index is 300. The Morgan fingerprint density at radius 1 is 1.42 bits per heavy atom. The van der Waals surface area contributed by atoms with Gasteiger partial charge in [-0.05, 0) is 6.07 Å². The Kier molecular flexibility index (Phi) is 2.60. The largest absolute Gasteiger partial charge is 0.545 e. The van der Waals surface area contributed by atoms with Crippen LogP contribution in [0.5, 0.6) is 0 Å². The molecule has 0 amide bonds. The minimum Gasteiger partial charge on any atom is -0.545 e. The van der Waals surface area contributed by atoms with Crippen LogP contribution < -0.4 is 5.11 Å². The Labute approximate surface area is 72.5 Å². The van der Waals surface area contributed by atoms with Crippen molar-refractivity contribution >= 4 is 16.8 Å². The third-order valence-electron chi connectivity index (χ3n) is 1.42. The number of benzene rings is 1. The molecule has 0 heterocycles. The standard InChI is InChI=1S/C8H8O3S/c1-12(11)7-5-3-2-4-6(7)8(9)10/h2-5H,1H3,(H,9,10)/p-1/t12-/m1/s1. The van der Waals surface area contributed by atoms with E-state index in [0.717, 1.165) is 0 Å². The monoisotopic (exact) mass is 183 g/mol. The molecule has 12 heavy (non-hydrogen) atoms. The van der Waals surface area contributed by atoms with Gasteiger partial charge in [0.05, 0.1) is 16.8 Å². The number of carbonyl (C=O) groups excluding carboxylic acids is 1. The molecule has 0 aromatic heterocycles. The molecule has 0 unspecified atom stereocenters. The summed E-state index contributed by atoms with van der Waals surface area (Å²) in [6, 6.07) is 6.11. The highest BCUT2D eigenvalue weighted by Crippen LogP contribution is 2.10. The SMILES string of the molecule is C[S@@](=O)c1ccccc1C(=O)[O-]. The number of hydrogen-bond acceptors (Lipinski definition) is 3. The third kappa shape index (κ3) is 1.71. The van der Waals surface area contributed by atoms with Gasteiger partial charge in [0.2, 0.25) is 0 Å². The molecule has 4 heteroatoms. The molecule has 64 valence electrons. The van der Waals surface area contributed by atoms with Gasteiger partial charge in [-0.15, -0.1) is 0 Å². The van der Waals surface area contributed by atoms with Crippen molar-refractivity contribution in [1.29, 1.82) is 0 Å². The van der Waals surface area contributed by atoms with Crippen LogP contribution >= 0.6 is 0 Å². The molecule has 0 fully saturated rings. The van der Waals surface area contributed by atoms with Crippen LogP contribution in [-0.2, 0) is 10.8 Å². The molecule has 0 saturated heterocycles. The van der Waals surface area contributed by atoms with E-state index in [1.165, 1.54) is 18.4 Å². The van der Waals surface area contributed by atoms with Gasteiger partial charge in [-0.2, -0.15) is 0 Å². The molecular weight excluding hydrogens is 176 g/mol. The van der Waals surface area contributed by atoms with Gasteiger partial charge in [0.15, 0.2) is 0 Å². The van der Waals surface area contributed by atoms with Crippen molar-refractivity contribution in [1.82, 2.24) is 0 Å². The molecule has 0 aliphatic heterocycles. The third-order valence-corrected chi connectivity index (χ3v) is 2.39. The first-order valence-corrected chi connectivity index (χ1v) is 4.82. The fraction of sp³-hybridized carbons (Fsp3) is 0.125. The van der Waals surface area contributed by atoms with Crippen LogP contribution in [0.2, 0.25) is 0 Å². The van der Waals surface area contributed by atoms with Crippen LogP contribution in [0, 0.1) is 0 Å². The number of hydrogen-bond donors (Lipinski definition) is 0. The van der Waals surface area contributed by atoms with Gasteiger partial charge in [-0.3, -0.25) is 4.21 Å². The molecular formula is C8H7O3S-. The van der Waals surface area contributed by atoms with Crippen LogP contribution in [-0.4, -0.2) is 16.4 Å². The van der Waals surface area contributed by atoms with E-state index >= 15 is 0 Å². The lowest BCUT2D eigenvalue weighted by atomic mass is 10.2. The maximum atomic E-state index is 11.0. The molecule has 0 aliphatic carbocycles. The summed E-state index contributed by atoms with van der Waals surface area (Å²) in [7, 11) is -1.28. The van der Waals surface area contributed by atoms with Crippen molar-refractivity contribution in [3.63, 3.8) is 0 Å². The van der Waals surface area contributed by atoms with E-state index in [9.17, 15) is 14.1 Å². The minimum absolute atomic E-state index is 0.00154. The molecule has 3 nitrogen and oxygen atoms in total. The number of carboxylic acids is 1. The number of carboxylic acid groups (broad SMARTS) is 1. The lowest BCUT2D eigenvalue weighted by molar-refractivity contribution is -0.255. The smallest absolute Gasteiger partial charge is 0.0727 e. The van der Waals surface area contributed by atoms with Gasteiger partial charge in [-0.25, -0.2) is 0 Å². The average molecular weight is 183 g/mol. The highest BCUT2D eigenvalue weighted by molar-refractivity contribution is 7.84. The van der Waals surface area contributed by atoms with Crippen LogP contribution in [0.4, 0.5) is 0 Å². The van der Waals surface area contributed by atoms with Crippen LogP contribution in [0.25, 0.3) is 0 Å². The maximum Gasteiger partial charge on any atom is 0.0727 e. The molecule has 1 rings (SSSR count). The van der Waals surface area contributed by atoms with Crippen molar-refractivity contribution < 1.29 is 14.1 Å². The number of rotatable bonds is 2. The fourth-order valence-corrected chi connectivity index (χ4v) is 1.62. The lowest BCUT2D eigenvalue weighted by Gasteiger charge is -2.06. The molecule has 0 aliphatic rings. The van der Waals surface area contributed by atoms with Crippen molar-refractivity contribution in [2.24, 2.45) is 0 Å². The van der Waals surface area contributed by atoms with E-state index in [1.54, 1.807) is 12.1 Å². The Morgan fingerprint density at radius 2 is 2.00 bits per heavy atom. The summed E-state index contributed by atoms with van der Waals surface area (Å²) in [5.74, 6) is -1.29. The summed E-state index contributed by atoms with van der Waals surface area (Å²) >= 11 is 0. The summed E-state index contributed by atoms with van der Waals surface area (Å²) in [6.07, 6.45) is 1.43. The van der Waals surface area contributed by atoms with E-state index in [4.69, 9.17) is 0 Å². The van der Waals surface area contributed by atoms with E-state index in [-0.39, 0.29) is 5.56 Å². The molecule has 1 atom stereocenters. The highest BCUT2D eigenvalue weighted by Gasteiger charge is 2.04. The second kappa shape index (κ2) is 3.49. The molecule has 0 radical (unpaired) electrons. The predicted molar refractivity (Wildman–Crippen MR) is 43.1 cm³/mol. The molecule has 0 N–H and O–H groups in total. The summed E-state index contributed by atoms with van der Waals surface area (Å²) in [5, 5.41) is 10.5. The van der Waals surface area contributed by atoms with Crippen LogP contribution in [0.15, 0.2) is 29.2 Å². The average Bonchev–Trinajstić information content (AvgIpc) is 2.04. The second-order valence-electron chi connectivity index (χ2n) is 2.24.